The zero-order valence-corrected chi connectivity index (χ0v) is 23.7. The summed E-state index contributed by atoms with van der Waals surface area (Å²) in [5, 5.41) is 2.66. The number of fused-ring (bicyclic) bond motifs is 3. The van der Waals surface area contributed by atoms with E-state index in [4.69, 9.17) is 16.3 Å². The molecule has 4 heterocycles. The Labute approximate surface area is 244 Å². The van der Waals surface area contributed by atoms with E-state index in [2.05, 4.69) is 15.3 Å². The third-order valence-corrected chi connectivity index (χ3v) is 7.07. The molecule has 0 spiro atoms. The fourth-order valence-electron chi connectivity index (χ4n) is 4.77. The number of benzene rings is 1. The Hall–Kier alpha value is -4.19. The number of nitrogens with one attached hydrogen (secondary N) is 1. The predicted molar refractivity (Wildman–Crippen MR) is 149 cm³/mol. The zero-order chi connectivity index (χ0) is 30.4. The molecule has 9 nitrogen and oxygen atoms in total. The van der Waals surface area contributed by atoms with Gasteiger partial charge in [-0.2, -0.15) is 13.2 Å². The first-order valence-electron chi connectivity index (χ1n) is 13.1. The molecule has 5 rings (SSSR count). The standard InChI is InChI=1S/C29H27ClF3N5O4/c1-28(2,3)42-27(41)37-13-16(14-37)20-11-22-25(26(30)36-20)19-5-4-10-34-21(19)12-24(40)38(22)15-23(39)35-18-8-6-17(7-9-18)29(31,32)33/h4-11,16H,12-15H2,1-3H3,(H,35,39). The summed E-state index contributed by atoms with van der Waals surface area (Å²) in [5.74, 6) is -1.23. The monoisotopic (exact) mass is 601 g/mol. The fraction of sp³-hybridized carbons (Fsp3) is 0.345. The number of likely N-dealkylation sites (tertiary alicyclic amines) is 1. The molecule has 2 aliphatic rings. The summed E-state index contributed by atoms with van der Waals surface area (Å²) in [4.78, 5) is 50.7. The molecule has 13 heteroatoms. The van der Waals surface area contributed by atoms with E-state index in [0.717, 1.165) is 24.3 Å². The van der Waals surface area contributed by atoms with Crippen LogP contribution < -0.4 is 10.2 Å². The number of hydrogen-bond acceptors (Lipinski definition) is 6. The molecule has 1 fully saturated rings. The molecule has 2 aromatic heterocycles. The number of rotatable bonds is 4. The number of alkyl halides is 3. The van der Waals surface area contributed by atoms with Gasteiger partial charge in [-0.1, -0.05) is 17.7 Å². The Bertz CT molecular complexity index is 1550. The minimum absolute atomic E-state index is 0.107. The summed E-state index contributed by atoms with van der Waals surface area (Å²) in [7, 11) is 0. The van der Waals surface area contributed by atoms with Gasteiger partial charge in [0.15, 0.2) is 0 Å². The topological polar surface area (TPSA) is 105 Å². The molecule has 0 saturated carbocycles. The summed E-state index contributed by atoms with van der Waals surface area (Å²) in [6.07, 6.45) is -3.52. The molecular formula is C29H27ClF3N5O4. The van der Waals surface area contributed by atoms with Crippen molar-refractivity contribution in [1.29, 1.82) is 0 Å². The van der Waals surface area contributed by atoms with Crippen molar-refractivity contribution in [2.24, 2.45) is 0 Å². The van der Waals surface area contributed by atoms with Crippen LogP contribution >= 0.6 is 11.6 Å². The van der Waals surface area contributed by atoms with Crippen molar-refractivity contribution in [3.05, 3.63) is 70.8 Å². The lowest BCUT2D eigenvalue weighted by atomic mass is 9.94. The molecule has 2 aliphatic heterocycles. The van der Waals surface area contributed by atoms with Gasteiger partial charge in [-0.15, -0.1) is 0 Å². The molecular weight excluding hydrogens is 575 g/mol. The van der Waals surface area contributed by atoms with Gasteiger partial charge in [0.05, 0.1) is 29.1 Å². The van der Waals surface area contributed by atoms with E-state index in [-0.39, 0.29) is 23.2 Å². The number of anilines is 2. The van der Waals surface area contributed by atoms with Crippen LogP contribution in [-0.4, -0.2) is 58.0 Å². The van der Waals surface area contributed by atoms with Crippen LogP contribution in [-0.2, 0) is 26.9 Å². The van der Waals surface area contributed by atoms with Gasteiger partial charge in [-0.05, 0) is 57.2 Å². The van der Waals surface area contributed by atoms with Gasteiger partial charge in [0.2, 0.25) is 11.8 Å². The van der Waals surface area contributed by atoms with Gasteiger partial charge >= 0.3 is 12.3 Å². The van der Waals surface area contributed by atoms with Crippen molar-refractivity contribution >= 4 is 40.9 Å². The van der Waals surface area contributed by atoms with Crippen LogP contribution in [0.4, 0.5) is 29.3 Å². The van der Waals surface area contributed by atoms with E-state index in [1.807, 2.05) is 0 Å². The van der Waals surface area contributed by atoms with Crippen LogP contribution in [0.15, 0.2) is 48.7 Å². The number of ether oxygens (including phenoxy) is 1. The lowest BCUT2D eigenvalue weighted by Gasteiger charge is -2.39. The van der Waals surface area contributed by atoms with E-state index >= 15 is 0 Å². The molecule has 0 radical (unpaired) electrons. The maximum atomic E-state index is 13.5. The van der Waals surface area contributed by atoms with Crippen molar-refractivity contribution in [2.45, 2.75) is 44.9 Å². The highest BCUT2D eigenvalue weighted by Crippen LogP contribution is 2.42. The normalized spacial score (nSPS) is 15.4. The van der Waals surface area contributed by atoms with Crippen LogP contribution in [0.3, 0.4) is 0 Å². The SMILES string of the molecule is CC(C)(C)OC(=O)N1CC(c2cc3c(c(Cl)n2)-c2cccnc2CC(=O)N3CC(=O)Nc2ccc(C(F)(F)F)cc2)C1. The molecule has 0 unspecified atom stereocenters. The highest BCUT2D eigenvalue weighted by Gasteiger charge is 2.38. The van der Waals surface area contributed by atoms with E-state index in [1.54, 1.807) is 45.2 Å². The first-order valence-corrected chi connectivity index (χ1v) is 13.5. The average Bonchev–Trinajstić information content (AvgIpc) is 2.96. The van der Waals surface area contributed by atoms with Crippen molar-refractivity contribution in [3.8, 4) is 11.1 Å². The molecule has 220 valence electrons. The van der Waals surface area contributed by atoms with Crippen molar-refractivity contribution < 1.29 is 32.3 Å². The van der Waals surface area contributed by atoms with E-state index in [0.29, 0.717) is 41.3 Å². The van der Waals surface area contributed by atoms with Gasteiger partial charge in [0.1, 0.15) is 17.3 Å². The van der Waals surface area contributed by atoms with Gasteiger partial charge in [-0.3, -0.25) is 14.6 Å². The molecule has 3 amide bonds. The van der Waals surface area contributed by atoms with Crippen molar-refractivity contribution in [3.63, 3.8) is 0 Å². The van der Waals surface area contributed by atoms with E-state index < -0.39 is 41.8 Å². The van der Waals surface area contributed by atoms with E-state index in [9.17, 15) is 27.6 Å². The second-order valence-electron chi connectivity index (χ2n) is 11.1. The predicted octanol–water partition coefficient (Wildman–Crippen LogP) is 5.68. The number of carbonyl (C=O) groups excluding carboxylic acids is 3. The van der Waals surface area contributed by atoms with Gasteiger partial charge < -0.3 is 19.9 Å². The van der Waals surface area contributed by atoms with Gasteiger partial charge in [-0.25, -0.2) is 9.78 Å². The summed E-state index contributed by atoms with van der Waals surface area (Å²) in [6.45, 7) is 5.57. The second-order valence-corrected chi connectivity index (χ2v) is 11.4. The quantitative estimate of drug-likeness (QED) is 0.386. The number of nitrogens with zero attached hydrogens (tertiary/aromatic N) is 4. The summed E-state index contributed by atoms with van der Waals surface area (Å²) >= 11 is 6.72. The van der Waals surface area contributed by atoms with Gasteiger partial charge in [0, 0.05) is 42.0 Å². The Balaban J connectivity index is 1.43. The Morgan fingerprint density at radius 2 is 1.81 bits per heavy atom. The minimum Gasteiger partial charge on any atom is -0.444 e. The third-order valence-electron chi connectivity index (χ3n) is 6.79. The minimum atomic E-state index is -4.51. The maximum absolute atomic E-state index is 13.5. The van der Waals surface area contributed by atoms with Crippen molar-refractivity contribution in [2.75, 3.05) is 29.9 Å². The largest absolute Gasteiger partial charge is 0.444 e. The Morgan fingerprint density at radius 1 is 1.12 bits per heavy atom. The molecule has 1 aromatic carbocycles. The fourth-order valence-corrected chi connectivity index (χ4v) is 5.07. The number of halogens is 4. The molecule has 1 N–H and O–H groups in total. The highest BCUT2D eigenvalue weighted by atomic mass is 35.5. The number of hydrogen-bond donors (Lipinski definition) is 1. The van der Waals surface area contributed by atoms with Crippen LogP contribution in [0, 0.1) is 0 Å². The van der Waals surface area contributed by atoms with E-state index in [1.165, 1.54) is 9.80 Å². The Kier molecular flexibility index (Phi) is 7.61. The number of amides is 3. The summed E-state index contributed by atoms with van der Waals surface area (Å²) < 4.78 is 44.2. The summed E-state index contributed by atoms with van der Waals surface area (Å²) in [5.41, 5.74) is 1.03. The molecule has 42 heavy (non-hydrogen) atoms. The van der Waals surface area contributed by atoms with Crippen LogP contribution in [0.2, 0.25) is 5.15 Å². The number of aromatic nitrogens is 2. The van der Waals surface area contributed by atoms with Crippen LogP contribution in [0.25, 0.3) is 11.1 Å². The second kappa shape index (κ2) is 10.9. The first kappa shape index (κ1) is 29.3. The average molecular weight is 602 g/mol. The molecule has 0 atom stereocenters. The van der Waals surface area contributed by atoms with Gasteiger partial charge in [0.25, 0.3) is 0 Å². The number of carbonyl (C=O) groups is 3. The summed E-state index contributed by atoms with van der Waals surface area (Å²) in [6, 6.07) is 9.16. The van der Waals surface area contributed by atoms with Crippen LogP contribution in [0.1, 0.15) is 43.6 Å². The third kappa shape index (κ3) is 6.18. The molecule has 3 aromatic rings. The zero-order valence-electron chi connectivity index (χ0n) is 23.0. The lowest BCUT2D eigenvalue weighted by molar-refractivity contribution is -0.137. The highest BCUT2D eigenvalue weighted by molar-refractivity contribution is 6.33. The van der Waals surface area contributed by atoms with Crippen LogP contribution in [0.5, 0.6) is 0 Å². The molecule has 0 aliphatic carbocycles. The number of pyridine rings is 2. The first-order chi connectivity index (χ1) is 19.7. The lowest BCUT2D eigenvalue weighted by Crippen LogP contribution is -2.50. The molecule has 0 bridgehead atoms. The maximum Gasteiger partial charge on any atom is 0.416 e. The Morgan fingerprint density at radius 3 is 2.45 bits per heavy atom. The molecule has 1 saturated heterocycles. The van der Waals surface area contributed by atoms with Crippen molar-refractivity contribution in [1.82, 2.24) is 14.9 Å². The smallest absolute Gasteiger partial charge is 0.416 e.